The molecule has 2 rings (SSSR count). The quantitative estimate of drug-likeness (QED) is 0.441. The fourth-order valence-corrected chi connectivity index (χ4v) is 2.10. The Labute approximate surface area is 141 Å². The molecule has 9 heteroatoms. The maximum absolute atomic E-state index is 12.1. The number of nitrogens with one attached hydrogen (secondary N) is 2. The minimum atomic E-state index is -0.647. The molecule has 2 aromatic rings. The van der Waals surface area contributed by atoms with E-state index in [1.165, 1.54) is 24.3 Å². The van der Waals surface area contributed by atoms with Crippen LogP contribution in [0.15, 0.2) is 48.5 Å². The molecule has 122 valence electrons. The average molecular weight is 344 g/mol. The number of carbonyl (C=O) groups excluding carboxylic acids is 2. The normalized spacial score (nSPS) is 9.83. The summed E-state index contributed by atoms with van der Waals surface area (Å²) < 4.78 is 0. The number of carbonyl (C=O) groups is 2. The zero-order chi connectivity index (χ0) is 17.7. The van der Waals surface area contributed by atoms with Gasteiger partial charge in [-0.2, -0.15) is 0 Å². The number of primary amides is 1. The molecule has 0 aromatic heterocycles. The van der Waals surface area contributed by atoms with E-state index in [1.54, 1.807) is 18.2 Å². The Balaban J connectivity index is 2.10. The van der Waals surface area contributed by atoms with Gasteiger partial charge in [-0.15, -0.1) is 0 Å². The number of nitro benzene ring substituents is 1. The molecule has 0 radical (unpaired) electrons. The molecule has 0 aliphatic carbocycles. The second-order valence-corrected chi connectivity index (χ2v) is 5.03. The molecule has 2 amide bonds. The van der Waals surface area contributed by atoms with Gasteiger partial charge in [0.1, 0.15) is 0 Å². The summed E-state index contributed by atoms with van der Waals surface area (Å²) in [6.07, 6.45) is 0. The van der Waals surface area contributed by atoms with E-state index in [1.807, 2.05) is 0 Å². The van der Waals surface area contributed by atoms with Crippen molar-refractivity contribution < 1.29 is 14.5 Å². The van der Waals surface area contributed by atoms with Gasteiger partial charge in [0.2, 0.25) is 0 Å². The lowest BCUT2D eigenvalue weighted by molar-refractivity contribution is -0.384. The van der Waals surface area contributed by atoms with Crippen LogP contribution in [0.2, 0.25) is 0 Å². The minimum absolute atomic E-state index is 0.0693. The first-order chi connectivity index (χ1) is 11.4. The number of hydrogen-bond acceptors (Lipinski definition) is 5. The number of benzene rings is 2. The molecule has 0 atom stereocenters. The third-order valence-electron chi connectivity index (χ3n) is 2.99. The van der Waals surface area contributed by atoms with Crippen LogP contribution in [0.3, 0.4) is 0 Å². The highest BCUT2D eigenvalue weighted by atomic mass is 32.1. The molecular formula is C15H12N4O4S. The molecule has 2 aromatic carbocycles. The van der Waals surface area contributed by atoms with E-state index in [4.69, 9.17) is 18.0 Å². The first-order valence-electron chi connectivity index (χ1n) is 6.64. The van der Waals surface area contributed by atoms with Crippen LogP contribution in [0, 0.1) is 10.1 Å². The van der Waals surface area contributed by atoms with Gasteiger partial charge >= 0.3 is 0 Å². The smallest absolute Gasteiger partial charge is 0.270 e. The number of rotatable bonds is 4. The molecule has 0 aliphatic rings. The van der Waals surface area contributed by atoms with E-state index in [9.17, 15) is 19.7 Å². The van der Waals surface area contributed by atoms with Crippen molar-refractivity contribution in [2.24, 2.45) is 5.73 Å². The zero-order valence-electron chi connectivity index (χ0n) is 12.2. The Hall–Kier alpha value is -3.33. The van der Waals surface area contributed by atoms with E-state index < -0.39 is 16.7 Å². The molecule has 4 N–H and O–H groups in total. The van der Waals surface area contributed by atoms with Crippen LogP contribution < -0.4 is 16.4 Å². The van der Waals surface area contributed by atoms with Gasteiger partial charge in [-0.25, -0.2) is 0 Å². The van der Waals surface area contributed by atoms with E-state index >= 15 is 0 Å². The highest BCUT2D eigenvalue weighted by molar-refractivity contribution is 7.80. The molecule has 0 saturated heterocycles. The SMILES string of the molecule is NC(=O)c1ccccc1NC(=S)NC(=O)c1cccc([N+](=O)[O-])c1. The zero-order valence-corrected chi connectivity index (χ0v) is 13.0. The topological polar surface area (TPSA) is 127 Å². The van der Waals surface area contributed by atoms with E-state index in [0.29, 0.717) is 5.69 Å². The highest BCUT2D eigenvalue weighted by Gasteiger charge is 2.14. The number of thiocarbonyl (C=S) groups is 1. The molecule has 0 unspecified atom stereocenters. The largest absolute Gasteiger partial charge is 0.366 e. The van der Waals surface area contributed by atoms with Crippen molar-refractivity contribution in [3.05, 3.63) is 69.8 Å². The molecule has 0 aliphatic heterocycles. The summed E-state index contributed by atoms with van der Waals surface area (Å²) in [7, 11) is 0. The van der Waals surface area contributed by atoms with Crippen LogP contribution in [0.4, 0.5) is 11.4 Å². The second-order valence-electron chi connectivity index (χ2n) is 4.63. The summed E-state index contributed by atoms with van der Waals surface area (Å²) in [6, 6.07) is 11.6. The van der Waals surface area contributed by atoms with Crippen molar-refractivity contribution in [3.63, 3.8) is 0 Å². The predicted molar refractivity (Wildman–Crippen MR) is 91.7 cm³/mol. The molecule has 0 heterocycles. The third kappa shape index (κ3) is 4.11. The van der Waals surface area contributed by atoms with Gasteiger partial charge in [-0.1, -0.05) is 18.2 Å². The molecule has 0 fully saturated rings. The number of para-hydroxylation sites is 1. The van der Waals surface area contributed by atoms with Crippen molar-refractivity contribution in [2.75, 3.05) is 5.32 Å². The van der Waals surface area contributed by atoms with Crippen LogP contribution in [0.1, 0.15) is 20.7 Å². The van der Waals surface area contributed by atoms with Crippen molar-refractivity contribution in [1.29, 1.82) is 0 Å². The van der Waals surface area contributed by atoms with E-state index in [0.717, 1.165) is 6.07 Å². The van der Waals surface area contributed by atoms with Gasteiger partial charge in [0.05, 0.1) is 16.2 Å². The first kappa shape index (κ1) is 17.0. The molecule has 0 saturated carbocycles. The number of nitrogens with two attached hydrogens (primary N) is 1. The maximum atomic E-state index is 12.1. The Kier molecular flexibility index (Phi) is 5.17. The molecule has 8 nitrogen and oxygen atoms in total. The Morgan fingerprint density at radius 1 is 1.12 bits per heavy atom. The maximum Gasteiger partial charge on any atom is 0.270 e. The number of hydrogen-bond donors (Lipinski definition) is 3. The predicted octanol–water partition coefficient (Wildman–Crippen LogP) is 1.82. The second kappa shape index (κ2) is 7.29. The molecule has 0 bridgehead atoms. The van der Waals surface area contributed by atoms with Gasteiger partial charge in [0, 0.05) is 17.7 Å². The van der Waals surface area contributed by atoms with Gasteiger partial charge in [0.15, 0.2) is 5.11 Å². The number of nitro groups is 1. The van der Waals surface area contributed by atoms with Crippen LogP contribution in [-0.4, -0.2) is 21.9 Å². The fourth-order valence-electron chi connectivity index (χ4n) is 1.90. The number of nitrogens with zero attached hydrogens (tertiary/aromatic N) is 1. The summed E-state index contributed by atoms with van der Waals surface area (Å²) >= 11 is 5.01. The van der Waals surface area contributed by atoms with Crippen molar-refractivity contribution >= 4 is 40.5 Å². The standard InChI is InChI=1S/C15H12N4O4S/c16-13(20)11-6-1-2-7-12(11)17-15(24)18-14(21)9-4-3-5-10(8-9)19(22)23/h1-8H,(H2,16,20)(H2,17,18,21,24). The molecule has 0 spiro atoms. The summed E-state index contributed by atoms with van der Waals surface area (Å²) in [6.45, 7) is 0. The van der Waals surface area contributed by atoms with Crippen LogP contribution in [0.5, 0.6) is 0 Å². The lowest BCUT2D eigenvalue weighted by Gasteiger charge is -2.11. The van der Waals surface area contributed by atoms with Gasteiger partial charge in [-0.05, 0) is 30.4 Å². The number of non-ortho nitro benzene ring substituents is 1. The third-order valence-corrected chi connectivity index (χ3v) is 3.19. The Bertz CT molecular complexity index is 838. The van der Waals surface area contributed by atoms with Gasteiger partial charge < -0.3 is 11.1 Å². The Morgan fingerprint density at radius 3 is 2.50 bits per heavy atom. The number of amides is 2. The first-order valence-corrected chi connectivity index (χ1v) is 7.05. The van der Waals surface area contributed by atoms with Gasteiger partial charge in [-0.3, -0.25) is 25.0 Å². The van der Waals surface area contributed by atoms with Crippen molar-refractivity contribution in [1.82, 2.24) is 5.32 Å². The highest BCUT2D eigenvalue weighted by Crippen LogP contribution is 2.15. The molecular weight excluding hydrogens is 332 g/mol. The summed E-state index contributed by atoms with van der Waals surface area (Å²) in [5.41, 5.74) is 5.68. The van der Waals surface area contributed by atoms with Crippen LogP contribution in [-0.2, 0) is 0 Å². The number of anilines is 1. The minimum Gasteiger partial charge on any atom is -0.366 e. The summed E-state index contributed by atoms with van der Waals surface area (Å²) in [5, 5.41) is 15.7. The van der Waals surface area contributed by atoms with Gasteiger partial charge in [0.25, 0.3) is 17.5 Å². The molecule has 24 heavy (non-hydrogen) atoms. The summed E-state index contributed by atoms with van der Waals surface area (Å²) in [4.78, 5) is 33.6. The Morgan fingerprint density at radius 2 is 1.83 bits per heavy atom. The monoisotopic (exact) mass is 344 g/mol. The van der Waals surface area contributed by atoms with E-state index in [-0.39, 0.29) is 21.9 Å². The van der Waals surface area contributed by atoms with Crippen LogP contribution in [0.25, 0.3) is 0 Å². The van der Waals surface area contributed by atoms with Crippen molar-refractivity contribution in [2.45, 2.75) is 0 Å². The summed E-state index contributed by atoms with van der Waals surface area (Å²) in [5.74, 6) is -1.27. The lowest BCUT2D eigenvalue weighted by Crippen LogP contribution is -2.34. The lowest BCUT2D eigenvalue weighted by atomic mass is 10.1. The average Bonchev–Trinajstić information content (AvgIpc) is 2.55. The van der Waals surface area contributed by atoms with Crippen molar-refractivity contribution in [3.8, 4) is 0 Å². The fraction of sp³-hybridized carbons (Fsp3) is 0. The van der Waals surface area contributed by atoms with Crippen LogP contribution >= 0.6 is 12.2 Å². The van der Waals surface area contributed by atoms with E-state index in [2.05, 4.69) is 10.6 Å².